The first-order valence-corrected chi connectivity index (χ1v) is 7.92. The number of fused-ring (bicyclic) bond motifs is 1. The van der Waals surface area contributed by atoms with Gasteiger partial charge in [-0.2, -0.15) is 4.98 Å². The second kappa shape index (κ2) is 4.65. The molecule has 4 heterocycles. The lowest BCUT2D eigenvalue weighted by molar-refractivity contribution is 0.00768. The predicted octanol–water partition coefficient (Wildman–Crippen LogP) is 2.39. The standard InChI is InChI=1S/C14H17N3O2S/c1-14(5-2-7-18-14)13-16-12(19-17-13)11-9-4-8-20-10(9)3-6-15-11/h4,8,11,15H,2-3,5-7H2,1H3. The summed E-state index contributed by atoms with van der Waals surface area (Å²) in [6, 6.07) is 2.17. The van der Waals surface area contributed by atoms with Crippen molar-refractivity contribution in [1.82, 2.24) is 15.5 Å². The van der Waals surface area contributed by atoms with E-state index >= 15 is 0 Å². The fraction of sp³-hybridized carbons (Fsp3) is 0.571. The Bertz CT molecular complexity index is 615. The van der Waals surface area contributed by atoms with E-state index in [1.165, 1.54) is 10.4 Å². The van der Waals surface area contributed by atoms with Crippen molar-refractivity contribution in [3.05, 3.63) is 33.6 Å². The van der Waals surface area contributed by atoms with Gasteiger partial charge in [-0.05, 0) is 43.2 Å². The molecule has 2 aliphatic rings. The highest BCUT2D eigenvalue weighted by molar-refractivity contribution is 7.10. The summed E-state index contributed by atoms with van der Waals surface area (Å²) < 4.78 is 11.3. The zero-order valence-corrected chi connectivity index (χ0v) is 12.2. The maximum atomic E-state index is 5.78. The lowest BCUT2D eigenvalue weighted by Crippen LogP contribution is -2.30. The SMILES string of the molecule is CC1(c2noc(C3NCCc4sccc43)n2)CCCO1. The highest BCUT2D eigenvalue weighted by atomic mass is 32.1. The molecule has 1 N–H and O–H groups in total. The van der Waals surface area contributed by atoms with E-state index in [2.05, 4.69) is 26.9 Å². The summed E-state index contributed by atoms with van der Waals surface area (Å²) >= 11 is 1.80. The molecule has 0 aromatic carbocycles. The minimum absolute atomic E-state index is 0.0243. The zero-order chi connectivity index (χ0) is 13.6. The molecule has 0 bridgehead atoms. The van der Waals surface area contributed by atoms with Crippen LogP contribution in [-0.2, 0) is 16.8 Å². The van der Waals surface area contributed by atoms with Crippen molar-refractivity contribution in [2.24, 2.45) is 0 Å². The van der Waals surface area contributed by atoms with Crippen molar-refractivity contribution < 1.29 is 9.26 Å². The van der Waals surface area contributed by atoms with E-state index < -0.39 is 0 Å². The van der Waals surface area contributed by atoms with Crippen molar-refractivity contribution in [2.45, 2.75) is 37.8 Å². The van der Waals surface area contributed by atoms with Crippen molar-refractivity contribution in [3.8, 4) is 0 Å². The Morgan fingerprint density at radius 2 is 2.45 bits per heavy atom. The third-order valence-corrected chi connectivity index (χ3v) is 5.17. The lowest BCUT2D eigenvalue weighted by atomic mass is 10.0. The molecule has 0 spiro atoms. The quantitative estimate of drug-likeness (QED) is 0.920. The topological polar surface area (TPSA) is 60.2 Å². The zero-order valence-electron chi connectivity index (χ0n) is 11.4. The largest absolute Gasteiger partial charge is 0.367 e. The second-order valence-corrected chi connectivity index (χ2v) is 6.58. The van der Waals surface area contributed by atoms with Crippen molar-refractivity contribution >= 4 is 11.3 Å². The molecule has 2 atom stereocenters. The number of hydrogen-bond acceptors (Lipinski definition) is 6. The molecule has 0 amide bonds. The first-order valence-electron chi connectivity index (χ1n) is 7.04. The molecule has 0 aliphatic carbocycles. The van der Waals surface area contributed by atoms with E-state index in [-0.39, 0.29) is 11.6 Å². The van der Waals surface area contributed by atoms with E-state index in [1.807, 2.05) is 6.92 Å². The van der Waals surface area contributed by atoms with Gasteiger partial charge in [-0.15, -0.1) is 11.3 Å². The molecule has 20 heavy (non-hydrogen) atoms. The van der Waals surface area contributed by atoms with E-state index in [9.17, 15) is 0 Å². The highest BCUT2D eigenvalue weighted by Gasteiger charge is 2.38. The fourth-order valence-corrected chi connectivity index (χ4v) is 3.91. The third-order valence-electron chi connectivity index (χ3n) is 4.17. The molecule has 5 nitrogen and oxygen atoms in total. The van der Waals surface area contributed by atoms with Crippen LogP contribution >= 0.6 is 11.3 Å². The molecular formula is C14H17N3O2S. The van der Waals surface area contributed by atoms with E-state index in [0.29, 0.717) is 11.7 Å². The van der Waals surface area contributed by atoms with Gasteiger partial charge in [0.25, 0.3) is 0 Å². The Kier molecular flexibility index (Phi) is 2.90. The first kappa shape index (κ1) is 12.5. The van der Waals surface area contributed by atoms with Gasteiger partial charge in [0.2, 0.25) is 11.7 Å². The number of aromatic nitrogens is 2. The van der Waals surface area contributed by atoms with Crippen LogP contribution in [0.3, 0.4) is 0 Å². The number of hydrogen-bond donors (Lipinski definition) is 1. The number of thiophene rings is 1. The molecule has 106 valence electrons. The molecule has 0 radical (unpaired) electrons. The summed E-state index contributed by atoms with van der Waals surface area (Å²) in [5.41, 5.74) is 0.891. The molecular weight excluding hydrogens is 274 g/mol. The fourth-order valence-electron chi connectivity index (χ4n) is 2.99. The molecule has 2 aliphatic heterocycles. The Morgan fingerprint density at radius 1 is 1.50 bits per heavy atom. The molecule has 6 heteroatoms. The van der Waals surface area contributed by atoms with Crippen molar-refractivity contribution in [1.29, 1.82) is 0 Å². The van der Waals surface area contributed by atoms with Crippen LogP contribution < -0.4 is 5.32 Å². The maximum absolute atomic E-state index is 5.78. The van der Waals surface area contributed by atoms with Crippen LogP contribution in [0.25, 0.3) is 0 Å². The molecule has 0 saturated carbocycles. The third kappa shape index (κ3) is 1.90. The Balaban J connectivity index is 1.66. The van der Waals surface area contributed by atoms with Gasteiger partial charge in [0, 0.05) is 18.0 Å². The van der Waals surface area contributed by atoms with E-state index in [0.717, 1.165) is 32.4 Å². The van der Waals surface area contributed by atoms with Crippen LogP contribution in [0.2, 0.25) is 0 Å². The lowest BCUT2D eigenvalue weighted by Gasteiger charge is -2.21. The minimum Gasteiger partial charge on any atom is -0.367 e. The van der Waals surface area contributed by atoms with Crippen LogP contribution in [0.5, 0.6) is 0 Å². The van der Waals surface area contributed by atoms with Crippen LogP contribution in [-0.4, -0.2) is 23.3 Å². The smallest absolute Gasteiger partial charge is 0.248 e. The highest BCUT2D eigenvalue weighted by Crippen LogP contribution is 2.36. The van der Waals surface area contributed by atoms with Crippen LogP contribution in [0.15, 0.2) is 16.0 Å². The van der Waals surface area contributed by atoms with Gasteiger partial charge in [0.05, 0.1) is 0 Å². The summed E-state index contributed by atoms with van der Waals surface area (Å²) in [6.45, 7) is 3.76. The molecule has 1 saturated heterocycles. The predicted molar refractivity (Wildman–Crippen MR) is 74.7 cm³/mol. The van der Waals surface area contributed by atoms with E-state index in [4.69, 9.17) is 9.26 Å². The molecule has 2 aromatic rings. The monoisotopic (exact) mass is 291 g/mol. The molecule has 2 unspecified atom stereocenters. The number of rotatable bonds is 2. The summed E-state index contributed by atoms with van der Waals surface area (Å²) in [5, 5.41) is 9.75. The number of nitrogens with zero attached hydrogens (tertiary/aromatic N) is 2. The molecule has 2 aromatic heterocycles. The second-order valence-electron chi connectivity index (χ2n) is 5.58. The maximum Gasteiger partial charge on any atom is 0.248 e. The average Bonchev–Trinajstić information content (AvgIpc) is 3.18. The van der Waals surface area contributed by atoms with Crippen LogP contribution in [0.4, 0.5) is 0 Å². The Hall–Kier alpha value is -1.24. The summed E-state index contributed by atoms with van der Waals surface area (Å²) in [6.07, 6.45) is 3.08. The van der Waals surface area contributed by atoms with Crippen molar-refractivity contribution in [3.63, 3.8) is 0 Å². The molecule has 1 fully saturated rings. The summed E-state index contributed by atoms with van der Waals surface area (Å²) in [5.74, 6) is 1.32. The van der Waals surface area contributed by atoms with Gasteiger partial charge in [-0.25, -0.2) is 0 Å². The van der Waals surface area contributed by atoms with Gasteiger partial charge < -0.3 is 14.6 Å². The summed E-state index contributed by atoms with van der Waals surface area (Å²) in [7, 11) is 0. The van der Waals surface area contributed by atoms with E-state index in [1.54, 1.807) is 11.3 Å². The minimum atomic E-state index is -0.381. The van der Waals surface area contributed by atoms with Gasteiger partial charge in [-0.3, -0.25) is 0 Å². The van der Waals surface area contributed by atoms with Crippen LogP contribution in [0, 0.1) is 0 Å². The normalized spacial score (nSPS) is 29.6. The summed E-state index contributed by atoms with van der Waals surface area (Å²) in [4.78, 5) is 6.02. The van der Waals surface area contributed by atoms with Crippen molar-refractivity contribution in [2.75, 3.05) is 13.2 Å². The Labute approximate surface area is 121 Å². The van der Waals surface area contributed by atoms with Gasteiger partial charge in [-0.1, -0.05) is 5.16 Å². The van der Waals surface area contributed by atoms with Gasteiger partial charge in [0.1, 0.15) is 11.6 Å². The Morgan fingerprint density at radius 3 is 3.30 bits per heavy atom. The van der Waals surface area contributed by atoms with Gasteiger partial charge in [0.15, 0.2) is 0 Å². The van der Waals surface area contributed by atoms with Crippen LogP contribution in [0.1, 0.15) is 48.0 Å². The molecule has 4 rings (SSSR count). The first-order chi connectivity index (χ1) is 9.76. The number of nitrogens with one attached hydrogen (secondary N) is 1. The average molecular weight is 291 g/mol. The number of ether oxygens (including phenoxy) is 1. The van der Waals surface area contributed by atoms with Gasteiger partial charge >= 0.3 is 0 Å².